The fourth-order valence-electron chi connectivity index (χ4n) is 1.31. The van der Waals surface area contributed by atoms with E-state index in [0.717, 1.165) is 18.1 Å². The smallest absolute Gasteiger partial charge is 0.221 e. The molecule has 4 heteroatoms. The van der Waals surface area contributed by atoms with Crippen molar-refractivity contribution in [2.24, 2.45) is 0 Å². The second kappa shape index (κ2) is 7.12. The maximum atomic E-state index is 11.3. The molecule has 1 amide bonds. The number of amides is 1. The Bertz CT molecular complexity index is 195. The van der Waals surface area contributed by atoms with Gasteiger partial charge in [0.2, 0.25) is 5.91 Å². The van der Waals surface area contributed by atoms with Crippen molar-refractivity contribution >= 4 is 17.7 Å². The van der Waals surface area contributed by atoms with Gasteiger partial charge in [-0.05, 0) is 25.5 Å². The zero-order chi connectivity index (χ0) is 11.1. The molecule has 0 heterocycles. The summed E-state index contributed by atoms with van der Waals surface area (Å²) in [5, 5.41) is 6.35. The van der Waals surface area contributed by atoms with Crippen LogP contribution in [0, 0.1) is 0 Å². The van der Waals surface area contributed by atoms with E-state index in [1.807, 2.05) is 11.8 Å². The molecule has 1 aliphatic rings. The molecule has 1 saturated carbocycles. The van der Waals surface area contributed by atoms with Gasteiger partial charge in [-0.2, -0.15) is 11.8 Å². The Morgan fingerprint density at radius 2 is 2.27 bits per heavy atom. The van der Waals surface area contributed by atoms with E-state index in [0.29, 0.717) is 18.5 Å². The van der Waals surface area contributed by atoms with Crippen molar-refractivity contribution < 1.29 is 4.79 Å². The number of carbonyl (C=O) groups excluding carboxylic acids is 1. The Balaban J connectivity index is 1.92. The molecule has 0 aliphatic heterocycles. The quantitative estimate of drug-likeness (QED) is 0.662. The highest BCUT2D eigenvalue weighted by atomic mass is 32.2. The van der Waals surface area contributed by atoms with Crippen LogP contribution in [0.1, 0.15) is 33.1 Å². The maximum absolute atomic E-state index is 11.3. The van der Waals surface area contributed by atoms with Gasteiger partial charge in [0.15, 0.2) is 0 Å². The van der Waals surface area contributed by atoms with Gasteiger partial charge < -0.3 is 10.6 Å². The van der Waals surface area contributed by atoms with Crippen LogP contribution in [0.15, 0.2) is 0 Å². The first kappa shape index (κ1) is 12.8. The van der Waals surface area contributed by atoms with E-state index < -0.39 is 0 Å². The second-order valence-electron chi connectivity index (χ2n) is 4.11. The van der Waals surface area contributed by atoms with E-state index in [4.69, 9.17) is 0 Å². The molecule has 1 fully saturated rings. The summed E-state index contributed by atoms with van der Waals surface area (Å²) >= 11 is 1.93. The summed E-state index contributed by atoms with van der Waals surface area (Å²) < 4.78 is 0. The number of nitrogens with one attached hydrogen (secondary N) is 2. The van der Waals surface area contributed by atoms with E-state index in [2.05, 4.69) is 24.5 Å². The molecule has 1 aliphatic carbocycles. The lowest BCUT2D eigenvalue weighted by Gasteiger charge is -2.12. The van der Waals surface area contributed by atoms with Gasteiger partial charge in [-0.25, -0.2) is 0 Å². The molecule has 0 saturated heterocycles. The minimum Gasteiger partial charge on any atom is -0.353 e. The Morgan fingerprint density at radius 1 is 1.53 bits per heavy atom. The van der Waals surface area contributed by atoms with Crippen LogP contribution in [0.2, 0.25) is 0 Å². The molecule has 15 heavy (non-hydrogen) atoms. The van der Waals surface area contributed by atoms with Crippen molar-refractivity contribution in [1.29, 1.82) is 0 Å². The summed E-state index contributed by atoms with van der Waals surface area (Å²) in [6.07, 6.45) is 2.95. The van der Waals surface area contributed by atoms with Crippen LogP contribution < -0.4 is 10.6 Å². The monoisotopic (exact) mass is 230 g/mol. The normalized spacial score (nSPS) is 17.5. The second-order valence-corrected chi connectivity index (χ2v) is 5.43. The maximum Gasteiger partial charge on any atom is 0.221 e. The molecule has 0 radical (unpaired) electrons. The Morgan fingerprint density at radius 3 is 2.87 bits per heavy atom. The van der Waals surface area contributed by atoms with Gasteiger partial charge in [-0.15, -0.1) is 0 Å². The lowest BCUT2D eigenvalue weighted by atomic mass is 10.3. The molecule has 0 aromatic carbocycles. The third kappa shape index (κ3) is 6.79. The van der Waals surface area contributed by atoms with Gasteiger partial charge in [0.1, 0.15) is 0 Å². The third-order valence-electron chi connectivity index (χ3n) is 2.36. The molecule has 1 atom stereocenters. The fraction of sp³-hybridized carbons (Fsp3) is 0.909. The largest absolute Gasteiger partial charge is 0.353 e. The Kier molecular flexibility index (Phi) is 6.10. The van der Waals surface area contributed by atoms with Gasteiger partial charge in [0.05, 0.1) is 0 Å². The molecule has 3 nitrogen and oxygen atoms in total. The first-order chi connectivity index (χ1) is 7.22. The van der Waals surface area contributed by atoms with Crippen molar-refractivity contribution in [2.45, 2.75) is 45.2 Å². The molecule has 1 rings (SSSR count). The zero-order valence-electron chi connectivity index (χ0n) is 9.71. The average molecular weight is 230 g/mol. The predicted octanol–water partition coefficient (Wildman–Crippen LogP) is 1.39. The summed E-state index contributed by atoms with van der Waals surface area (Å²) in [5.74, 6) is 2.48. The molecule has 0 aromatic rings. The summed E-state index contributed by atoms with van der Waals surface area (Å²) in [6, 6.07) is 0.995. The lowest BCUT2D eigenvalue weighted by molar-refractivity contribution is -0.121. The number of hydrogen-bond donors (Lipinski definition) is 2. The van der Waals surface area contributed by atoms with E-state index >= 15 is 0 Å². The Hall–Kier alpha value is -0.220. The van der Waals surface area contributed by atoms with Crippen LogP contribution in [-0.4, -0.2) is 36.0 Å². The van der Waals surface area contributed by atoms with Crippen molar-refractivity contribution in [3.63, 3.8) is 0 Å². The van der Waals surface area contributed by atoms with Crippen molar-refractivity contribution in [3.8, 4) is 0 Å². The molecular formula is C11H22N2OS. The summed E-state index contributed by atoms with van der Waals surface area (Å²) in [4.78, 5) is 11.3. The molecule has 0 spiro atoms. The third-order valence-corrected chi connectivity index (χ3v) is 3.50. The topological polar surface area (TPSA) is 41.1 Å². The molecule has 88 valence electrons. The van der Waals surface area contributed by atoms with Crippen molar-refractivity contribution in [1.82, 2.24) is 10.6 Å². The standard InChI is InChI=1S/C11H22N2OS/c1-3-15-8-9(2)12-7-6-11(14)13-10-4-5-10/h9-10,12H,3-8H2,1-2H3,(H,13,14). The summed E-state index contributed by atoms with van der Waals surface area (Å²) in [5.41, 5.74) is 0. The molecular weight excluding hydrogens is 208 g/mol. The van der Waals surface area contributed by atoms with E-state index in [1.54, 1.807) is 0 Å². The van der Waals surface area contributed by atoms with E-state index in [1.165, 1.54) is 12.8 Å². The molecule has 2 N–H and O–H groups in total. The first-order valence-corrected chi connectivity index (χ1v) is 6.98. The van der Waals surface area contributed by atoms with Gasteiger partial charge >= 0.3 is 0 Å². The first-order valence-electron chi connectivity index (χ1n) is 5.83. The van der Waals surface area contributed by atoms with Crippen molar-refractivity contribution in [2.75, 3.05) is 18.1 Å². The number of thioether (sulfide) groups is 1. The highest BCUT2D eigenvalue weighted by Gasteiger charge is 2.22. The minimum absolute atomic E-state index is 0.195. The van der Waals surface area contributed by atoms with Crippen LogP contribution in [-0.2, 0) is 4.79 Å². The zero-order valence-corrected chi connectivity index (χ0v) is 10.5. The van der Waals surface area contributed by atoms with Crippen LogP contribution in [0.5, 0.6) is 0 Å². The van der Waals surface area contributed by atoms with Crippen molar-refractivity contribution in [3.05, 3.63) is 0 Å². The fourth-order valence-corrected chi connectivity index (χ4v) is 2.02. The van der Waals surface area contributed by atoms with E-state index in [9.17, 15) is 4.79 Å². The number of rotatable bonds is 8. The van der Waals surface area contributed by atoms with Gasteiger partial charge in [-0.1, -0.05) is 6.92 Å². The van der Waals surface area contributed by atoms with Gasteiger partial charge in [-0.3, -0.25) is 4.79 Å². The van der Waals surface area contributed by atoms with E-state index in [-0.39, 0.29) is 5.91 Å². The summed E-state index contributed by atoms with van der Waals surface area (Å²) in [7, 11) is 0. The average Bonchev–Trinajstić information content (AvgIpc) is 2.98. The highest BCUT2D eigenvalue weighted by Crippen LogP contribution is 2.18. The SMILES string of the molecule is CCSCC(C)NCCC(=O)NC1CC1. The number of hydrogen-bond acceptors (Lipinski definition) is 3. The Labute approximate surface area is 96.8 Å². The van der Waals surface area contributed by atoms with Gasteiger partial charge in [0.25, 0.3) is 0 Å². The minimum atomic E-state index is 0.195. The number of carbonyl (C=O) groups is 1. The predicted molar refractivity (Wildman–Crippen MR) is 66.2 cm³/mol. The highest BCUT2D eigenvalue weighted by molar-refractivity contribution is 7.99. The molecule has 1 unspecified atom stereocenters. The van der Waals surface area contributed by atoms with Crippen LogP contribution >= 0.6 is 11.8 Å². The van der Waals surface area contributed by atoms with Crippen LogP contribution in [0.3, 0.4) is 0 Å². The lowest BCUT2D eigenvalue weighted by Crippen LogP contribution is -2.33. The molecule has 0 aromatic heterocycles. The van der Waals surface area contributed by atoms with Crippen LogP contribution in [0.4, 0.5) is 0 Å². The summed E-state index contributed by atoms with van der Waals surface area (Å²) in [6.45, 7) is 5.13. The molecule has 0 bridgehead atoms. The van der Waals surface area contributed by atoms with Crippen LogP contribution in [0.25, 0.3) is 0 Å². The van der Waals surface area contributed by atoms with Gasteiger partial charge in [0, 0.05) is 30.8 Å².